The third kappa shape index (κ3) is 5.59. The van der Waals surface area contributed by atoms with Crippen molar-refractivity contribution in [1.29, 1.82) is 0 Å². The number of carbonyl (C=O) groups is 1. The number of ether oxygens (including phenoxy) is 1. The lowest BCUT2D eigenvalue weighted by Crippen LogP contribution is -2.40. The van der Waals surface area contributed by atoms with E-state index in [2.05, 4.69) is 47.5 Å². The van der Waals surface area contributed by atoms with Crippen LogP contribution in [0.2, 0.25) is 0 Å². The number of nitrogens with zero attached hydrogens (tertiary/aromatic N) is 1. The summed E-state index contributed by atoms with van der Waals surface area (Å²) in [5.41, 5.74) is 3.61. The van der Waals surface area contributed by atoms with Crippen LogP contribution in [0.15, 0.2) is 48.5 Å². The van der Waals surface area contributed by atoms with Crippen LogP contribution in [-0.2, 0) is 11.2 Å². The second kappa shape index (κ2) is 10.3. The first-order chi connectivity index (χ1) is 13.7. The largest absolute Gasteiger partial charge is 0.496 e. The predicted molar refractivity (Wildman–Crippen MR) is 114 cm³/mol. The summed E-state index contributed by atoms with van der Waals surface area (Å²) in [5.74, 6) is 1.00. The Balaban J connectivity index is 1.62. The van der Waals surface area contributed by atoms with Crippen LogP contribution in [0.1, 0.15) is 48.4 Å². The van der Waals surface area contributed by atoms with Crippen LogP contribution in [0.25, 0.3) is 0 Å². The molecule has 1 aliphatic rings. The van der Waals surface area contributed by atoms with Gasteiger partial charge in [-0.05, 0) is 50.9 Å². The summed E-state index contributed by atoms with van der Waals surface area (Å²) < 4.78 is 5.60. The second-order valence-corrected chi connectivity index (χ2v) is 7.64. The number of hydrogen-bond acceptors (Lipinski definition) is 3. The van der Waals surface area contributed by atoms with Crippen LogP contribution < -0.4 is 10.1 Å². The first kappa shape index (κ1) is 20.4. The lowest BCUT2D eigenvalue weighted by molar-refractivity contribution is -0.121. The van der Waals surface area contributed by atoms with Crippen molar-refractivity contribution in [3.63, 3.8) is 0 Å². The zero-order valence-corrected chi connectivity index (χ0v) is 17.1. The number of para-hydroxylation sites is 1. The van der Waals surface area contributed by atoms with E-state index in [9.17, 15) is 4.79 Å². The minimum absolute atomic E-state index is 0.109. The Kier molecular flexibility index (Phi) is 7.49. The van der Waals surface area contributed by atoms with E-state index in [1.165, 1.54) is 30.4 Å². The first-order valence-electron chi connectivity index (χ1n) is 10.4. The summed E-state index contributed by atoms with van der Waals surface area (Å²) in [5, 5.41) is 3.18. The van der Waals surface area contributed by atoms with Gasteiger partial charge in [-0.2, -0.15) is 0 Å². The minimum Gasteiger partial charge on any atom is -0.496 e. The van der Waals surface area contributed by atoms with Gasteiger partial charge in [-0.15, -0.1) is 0 Å². The molecule has 3 rings (SSSR count). The SMILES string of the molecule is COc1ccccc1C(CNC(=O)CCc1ccc(C)cc1)N1CCCCC1. The Hall–Kier alpha value is -2.33. The number of methoxy groups -OCH3 is 1. The number of rotatable bonds is 8. The first-order valence-corrected chi connectivity index (χ1v) is 10.4. The number of carbonyl (C=O) groups excluding carboxylic acids is 1. The summed E-state index contributed by atoms with van der Waals surface area (Å²) in [6, 6.07) is 16.7. The smallest absolute Gasteiger partial charge is 0.220 e. The maximum Gasteiger partial charge on any atom is 0.220 e. The second-order valence-electron chi connectivity index (χ2n) is 7.64. The van der Waals surface area contributed by atoms with Crippen LogP contribution in [0.4, 0.5) is 0 Å². The number of hydrogen-bond donors (Lipinski definition) is 1. The van der Waals surface area contributed by atoms with Crippen molar-refractivity contribution in [2.24, 2.45) is 0 Å². The van der Waals surface area contributed by atoms with E-state index in [-0.39, 0.29) is 11.9 Å². The molecule has 0 aromatic heterocycles. The molecule has 1 N–H and O–H groups in total. The number of amides is 1. The molecule has 150 valence electrons. The van der Waals surface area contributed by atoms with Crippen LogP contribution in [0.5, 0.6) is 5.75 Å². The van der Waals surface area contributed by atoms with Gasteiger partial charge in [0.05, 0.1) is 13.2 Å². The Bertz CT molecular complexity index is 751. The Labute approximate surface area is 168 Å². The van der Waals surface area contributed by atoms with Gasteiger partial charge in [-0.1, -0.05) is 54.4 Å². The predicted octanol–water partition coefficient (Wildman–Crippen LogP) is 4.28. The standard InChI is InChI=1S/C24H32N2O2/c1-19-10-12-20(13-11-19)14-15-24(27)25-18-22(26-16-6-3-7-17-26)21-8-4-5-9-23(21)28-2/h4-5,8-13,22H,3,6-7,14-18H2,1-2H3,(H,25,27). The molecule has 1 fully saturated rings. The fourth-order valence-electron chi connectivity index (χ4n) is 3.92. The molecule has 1 atom stereocenters. The molecule has 1 amide bonds. The van der Waals surface area contributed by atoms with Gasteiger partial charge in [0.2, 0.25) is 5.91 Å². The summed E-state index contributed by atoms with van der Waals surface area (Å²) in [6.45, 7) is 4.84. The van der Waals surface area contributed by atoms with Gasteiger partial charge in [0, 0.05) is 18.5 Å². The van der Waals surface area contributed by atoms with Crippen molar-refractivity contribution in [2.45, 2.75) is 45.1 Å². The number of piperidine rings is 1. The molecule has 2 aromatic carbocycles. The molecule has 1 heterocycles. The van der Waals surface area contributed by atoms with Gasteiger partial charge in [0.15, 0.2) is 0 Å². The van der Waals surface area contributed by atoms with Crippen molar-refractivity contribution >= 4 is 5.91 Å². The zero-order chi connectivity index (χ0) is 19.8. The summed E-state index contributed by atoms with van der Waals surface area (Å²) in [4.78, 5) is 15.0. The molecule has 28 heavy (non-hydrogen) atoms. The van der Waals surface area contributed by atoms with Gasteiger partial charge >= 0.3 is 0 Å². The molecule has 4 heteroatoms. The van der Waals surface area contributed by atoms with E-state index in [1.807, 2.05) is 18.2 Å². The van der Waals surface area contributed by atoms with E-state index >= 15 is 0 Å². The maximum atomic E-state index is 12.5. The van der Waals surface area contributed by atoms with Crippen molar-refractivity contribution in [2.75, 3.05) is 26.7 Å². The molecule has 0 spiro atoms. The van der Waals surface area contributed by atoms with E-state index in [0.717, 1.165) is 30.8 Å². The van der Waals surface area contributed by atoms with Crippen molar-refractivity contribution in [3.8, 4) is 5.75 Å². The molecule has 0 aliphatic carbocycles. The van der Waals surface area contributed by atoms with E-state index in [1.54, 1.807) is 7.11 Å². The molecule has 1 aliphatic heterocycles. The molecule has 0 saturated carbocycles. The highest BCUT2D eigenvalue weighted by Gasteiger charge is 2.25. The van der Waals surface area contributed by atoms with Gasteiger partial charge in [-0.25, -0.2) is 0 Å². The van der Waals surface area contributed by atoms with Gasteiger partial charge in [0.1, 0.15) is 5.75 Å². The van der Waals surface area contributed by atoms with Gasteiger partial charge < -0.3 is 10.1 Å². The molecular formula is C24H32N2O2. The number of aryl methyl sites for hydroxylation is 2. The average molecular weight is 381 g/mol. The van der Waals surface area contributed by atoms with E-state index in [0.29, 0.717) is 13.0 Å². The van der Waals surface area contributed by atoms with E-state index in [4.69, 9.17) is 4.74 Å². The highest BCUT2D eigenvalue weighted by molar-refractivity contribution is 5.76. The Morgan fingerprint density at radius 3 is 2.50 bits per heavy atom. The van der Waals surface area contributed by atoms with Crippen molar-refractivity contribution < 1.29 is 9.53 Å². The number of benzene rings is 2. The van der Waals surface area contributed by atoms with Crippen molar-refractivity contribution in [3.05, 3.63) is 65.2 Å². The fourth-order valence-corrected chi connectivity index (χ4v) is 3.92. The molecule has 0 radical (unpaired) electrons. The van der Waals surface area contributed by atoms with Crippen LogP contribution in [0.3, 0.4) is 0 Å². The van der Waals surface area contributed by atoms with Crippen LogP contribution in [0, 0.1) is 6.92 Å². The third-order valence-electron chi connectivity index (χ3n) is 5.58. The van der Waals surface area contributed by atoms with Crippen molar-refractivity contribution in [1.82, 2.24) is 10.2 Å². The molecule has 4 nitrogen and oxygen atoms in total. The molecule has 1 unspecified atom stereocenters. The summed E-state index contributed by atoms with van der Waals surface area (Å²) >= 11 is 0. The quantitative estimate of drug-likeness (QED) is 0.743. The minimum atomic E-state index is 0.109. The zero-order valence-electron chi connectivity index (χ0n) is 17.1. The normalized spacial score (nSPS) is 15.8. The molecule has 0 bridgehead atoms. The highest BCUT2D eigenvalue weighted by atomic mass is 16.5. The topological polar surface area (TPSA) is 41.6 Å². The van der Waals surface area contributed by atoms with Gasteiger partial charge in [0.25, 0.3) is 0 Å². The Morgan fingerprint density at radius 1 is 1.07 bits per heavy atom. The molecular weight excluding hydrogens is 348 g/mol. The number of nitrogens with one attached hydrogen (secondary N) is 1. The summed E-state index contributed by atoms with van der Waals surface area (Å²) in [6.07, 6.45) is 5.01. The Morgan fingerprint density at radius 2 is 1.79 bits per heavy atom. The van der Waals surface area contributed by atoms with Gasteiger partial charge in [-0.3, -0.25) is 9.69 Å². The van der Waals surface area contributed by atoms with E-state index < -0.39 is 0 Å². The van der Waals surface area contributed by atoms with Crippen LogP contribution in [-0.4, -0.2) is 37.6 Å². The monoisotopic (exact) mass is 380 g/mol. The lowest BCUT2D eigenvalue weighted by Gasteiger charge is -2.35. The fraction of sp³-hybridized carbons (Fsp3) is 0.458. The number of likely N-dealkylation sites (tertiary alicyclic amines) is 1. The summed E-state index contributed by atoms with van der Waals surface area (Å²) in [7, 11) is 1.71. The highest BCUT2D eigenvalue weighted by Crippen LogP contribution is 2.30. The van der Waals surface area contributed by atoms with Crippen LogP contribution >= 0.6 is 0 Å². The molecule has 1 saturated heterocycles. The molecule has 2 aromatic rings. The lowest BCUT2D eigenvalue weighted by atomic mass is 10.0. The maximum absolute atomic E-state index is 12.5. The third-order valence-corrected chi connectivity index (χ3v) is 5.58. The average Bonchev–Trinajstić information content (AvgIpc) is 2.74.